The summed E-state index contributed by atoms with van der Waals surface area (Å²) < 4.78 is 0. The largest absolute Gasteiger partial charge is 0.325 e. The van der Waals surface area contributed by atoms with Gasteiger partial charge in [-0.05, 0) is 42.9 Å². The molecule has 3 nitrogen and oxygen atoms in total. The van der Waals surface area contributed by atoms with Crippen molar-refractivity contribution in [2.45, 2.75) is 46.1 Å². The Morgan fingerprint density at radius 3 is 2.84 bits per heavy atom. The maximum Gasteiger partial charge on any atom is 0.238 e. The van der Waals surface area contributed by atoms with Crippen molar-refractivity contribution < 1.29 is 4.79 Å². The smallest absolute Gasteiger partial charge is 0.238 e. The molecule has 0 aliphatic heterocycles. The average Bonchev–Trinajstić information content (AvgIpc) is 2.66. The molecule has 1 saturated carbocycles. The number of amides is 1. The Morgan fingerprint density at radius 1 is 1.42 bits per heavy atom. The molecule has 0 aromatic heterocycles. The van der Waals surface area contributed by atoms with E-state index in [9.17, 15) is 4.79 Å². The van der Waals surface area contributed by atoms with Crippen LogP contribution in [-0.2, 0) is 4.79 Å². The van der Waals surface area contributed by atoms with Gasteiger partial charge in [0, 0.05) is 11.7 Å². The molecule has 1 aromatic rings. The Balaban J connectivity index is 1.82. The highest BCUT2D eigenvalue weighted by Gasteiger charge is 2.34. The van der Waals surface area contributed by atoms with E-state index in [1.807, 2.05) is 31.2 Å². The van der Waals surface area contributed by atoms with Gasteiger partial charge >= 0.3 is 0 Å². The number of carbonyl (C=O) groups is 1. The number of rotatable bonds is 4. The molecule has 1 aromatic carbocycles. The normalized spacial score (nSPS) is 21.3. The van der Waals surface area contributed by atoms with Crippen molar-refractivity contribution in [3.05, 3.63) is 29.8 Å². The highest BCUT2D eigenvalue weighted by molar-refractivity contribution is 5.92. The zero-order valence-electron chi connectivity index (χ0n) is 12.1. The summed E-state index contributed by atoms with van der Waals surface area (Å²) in [5, 5.41) is 6.33. The summed E-state index contributed by atoms with van der Waals surface area (Å²) in [6.45, 7) is 6.96. The molecule has 2 rings (SSSR count). The van der Waals surface area contributed by atoms with Crippen LogP contribution in [0.25, 0.3) is 0 Å². The van der Waals surface area contributed by atoms with Crippen LogP contribution in [0.4, 0.5) is 5.69 Å². The number of hydrogen-bond donors (Lipinski definition) is 2. The number of nitrogens with one attached hydrogen (secondary N) is 2. The number of anilines is 1. The van der Waals surface area contributed by atoms with Gasteiger partial charge in [0.25, 0.3) is 0 Å². The Labute approximate surface area is 115 Å². The van der Waals surface area contributed by atoms with Gasteiger partial charge in [-0.1, -0.05) is 32.4 Å². The molecule has 104 valence electrons. The molecule has 0 saturated heterocycles. The minimum absolute atomic E-state index is 0.0355. The maximum absolute atomic E-state index is 11.9. The second kappa shape index (κ2) is 5.74. The molecule has 0 bridgehead atoms. The van der Waals surface area contributed by atoms with E-state index in [1.54, 1.807) is 0 Å². The standard InChI is InChI=1S/C16H24N2O/c1-12-6-4-7-13(10-12)18-15(19)11-17-14-8-5-9-16(14,2)3/h4,6-7,10,14,17H,5,8-9,11H2,1-3H3,(H,18,19). The van der Waals surface area contributed by atoms with Gasteiger partial charge in [-0.2, -0.15) is 0 Å². The lowest BCUT2D eigenvalue weighted by atomic mass is 9.87. The maximum atomic E-state index is 11.9. The molecule has 0 heterocycles. The third-order valence-corrected chi connectivity index (χ3v) is 4.07. The fraction of sp³-hybridized carbons (Fsp3) is 0.562. The molecule has 0 spiro atoms. The first-order valence-corrected chi connectivity index (χ1v) is 7.07. The van der Waals surface area contributed by atoms with Crippen LogP contribution >= 0.6 is 0 Å². The number of carbonyl (C=O) groups excluding carboxylic acids is 1. The van der Waals surface area contributed by atoms with Crippen LogP contribution in [-0.4, -0.2) is 18.5 Å². The van der Waals surface area contributed by atoms with Gasteiger partial charge in [-0.15, -0.1) is 0 Å². The summed E-state index contributed by atoms with van der Waals surface area (Å²) in [6.07, 6.45) is 3.67. The third-order valence-electron chi connectivity index (χ3n) is 4.07. The molecule has 1 aliphatic carbocycles. The van der Waals surface area contributed by atoms with Crippen LogP contribution in [0.5, 0.6) is 0 Å². The molecule has 19 heavy (non-hydrogen) atoms. The van der Waals surface area contributed by atoms with Crippen LogP contribution < -0.4 is 10.6 Å². The van der Waals surface area contributed by atoms with Crippen molar-refractivity contribution in [2.75, 3.05) is 11.9 Å². The van der Waals surface area contributed by atoms with E-state index in [-0.39, 0.29) is 5.91 Å². The summed E-state index contributed by atoms with van der Waals surface area (Å²) in [4.78, 5) is 11.9. The summed E-state index contributed by atoms with van der Waals surface area (Å²) in [7, 11) is 0. The molecule has 1 amide bonds. The number of hydrogen-bond acceptors (Lipinski definition) is 2. The number of aryl methyl sites for hydroxylation is 1. The number of benzene rings is 1. The summed E-state index contributed by atoms with van der Waals surface area (Å²) in [5.74, 6) is 0.0355. The zero-order chi connectivity index (χ0) is 13.9. The topological polar surface area (TPSA) is 41.1 Å². The lowest BCUT2D eigenvalue weighted by Crippen LogP contribution is -2.41. The van der Waals surface area contributed by atoms with Crippen LogP contribution in [0.15, 0.2) is 24.3 Å². The molecule has 0 radical (unpaired) electrons. The molecule has 1 fully saturated rings. The molecule has 1 aliphatic rings. The first-order chi connectivity index (χ1) is 8.97. The Morgan fingerprint density at radius 2 is 2.21 bits per heavy atom. The lowest BCUT2D eigenvalue weighted by molar-refractivity contribution is -0.115. The van der Waals surface area contributed by atoms with Crippen LogP contribution in [0.2, 0.25) is 0 Å². The first-order valence-electron chi connectivity index (χ1n) is 7.07. The van der Waals surface area contributed by atoms with Gasteiger partial charge in [0.15, 0.2) is 0 Å². The fourth-order valence-electron chi connectivity index (χ4n) is 2.85. The lowest BCUT2D eigenvalue weighted by Gasteiger charge is -2.27. The summed E-state index contributed by atoms with van der Waals surface area (Å²) >= 11 is 0. The van der Waals surface area contributed by atoms with Crippen LogP contribution in [0.3, 0.4) is 0 Å². The second-order valence-electron chi connectivity index (χ2n) is 6.23. The Kier molecular flexibility index (Phi) is 4.25. The predicted octanol–water partition coefficient (Wildman–Crippen LogP) is 3.10. The quantitative estimate of drug-likeness (QED) is 0.873. The summed E-state index contributed by atoms with van der Waals surface area (Å²) in [6, 6.07) is 8.34. The van der Waals surface area contributed by atoms with Gasteiger partial charge in [0.2, 0.25) is 5.91 Å². The second-order valence-corrected chi connectivity index (χ2v) is 6.23. The van der Waals surface area contributed by atoms with Crippen molar-refractivity contribution in [1.29, 1.82) is 0 Å². The van der Waals surface area contributed by atoms with Gasteiger partial charge in [0.05, 0.1) is 6.54 Å². The van der Waals surface area contributed by atoms with E-state index >= 15 is 0 Å². The van der Waals surface area contributed by atoms with Gasteiger partial charge in [0.1, 0.15) is 0 Å². The van der Waals surface area contributed by atoms with E-state index in [2.05, 4.69) is 24.5 Å². The van der Waals surface area contributed by atoms with Crippen molar-refractivity contribution in [3.63, 3.8) is 0 Å². The monoisotopic (exact) mass is 260 g/mol. The van der Waals surface area contributed by atoms with Crippen molar-refractivity contribution >= 4 is 11.6 Å². The Bertz CT molecular complexity index is 454. The molecule has 3 heteroatoms. The minimum Gasteiger partial charge on any atom is -0.325 e. The van der Waals surface area contributed by atoms with Gasteiger partial charge in [-0.25, -0.2) is 0 Å². The van der Waals surface area contributed by atoms with Gasteiger partial charge < -0.3 is 10.6 Å². The summed E-state index contributed by atoms with van der Waals surface area (Å²) in [5.41, 5.74) is 2.34. The van der Waals surface area contributed by atoms with Crippen molar-refractivity contribution in [2.24, 2.45) is 5.41 Å². The van der Waals surface area contributed by atoms with Crippen LogP contribution in [0, 0.1) is 12.3 Å². The third kappa shape index (κ3) is 3.80. The highest BCUT2D eigenvalue weighted by Crippen LogP contribution is 2.36. The molecule has 1 atom stereocenters. The highest BCUT2D eigenvalue weighted by atomic mass is 16.1. The predicted molar refractivity (Wildman–Crippen MR) is 79.2 cm³/mol. The van der Waals surface area contributed by atoms with E-state index in [0.29, 0.717) is 18.0 Å². The molecular weight excluding hydrogens is 236 g/mol. The first kappa shape index (κ1) is 14.1. The minimum atomic E-state index is 0.0355. The van der Waals surface area contributed by atoms with E-state index in [0.717, 1.165) is 11.3 Å². The van der Waals surface area contributed by atoms with Gasteiger partial charge in [-0.3, -0.25) is 4.79 Å². The Hall–Kier alpha value is -1.35. The molecule has 2 N–H and O–H groups in total. The average molecular weight is 260 g/mol. The van der Waals surface area contributed by atoms with E-state index in [4.69, 9.17) is 0 Å². The fourth-order valence-corrected chi connectivity index (χ4v) is 2.85. The van der Waals surface area contributed by atoms with Crippen molar-refractivity contribution in [1.82, 2.24) is 5.32 Å². The van der Waals surface area contributed by atoms with E-state index in [1.165, 1.54) is 19.3 Å². The molecular formula is C16H24N2O. The van der Waals surface area contributed by atoms with E-state index < -0.39 is 0 Å². The zero-order valence-corrected chi connectivity index (χ0v) is 12.1. The van der Waals surface area contributed by atoms with Crippen molar-refractivity contribution in [3.8, 4) is 0 Å². The SMILES string of the molecule is Cc1cccc(NC(=O)CNC2CCCC2(C)C)c1. The molecule has 1 unspecified atom stereocenters. The van der Waals surface area contributed by atoms with Crippen LogP contribution in [0.1, 0.15) is 38.7 Å².